The third-order valence-corrected chi connectivity index (χ3v) is 4.90. The van der Waals surface area contributed by atoms with Crippen LogP contribution in [0.3, 0.4) is 0 Å². The standard InChI is InChI=1S/C15H17BrN2O2S/c1-10(2)14-6-4-5-11(3)15(14)18-21(19,20)13-7-12(16)8-17-9-13/h4-10,18H,1-3H3. The van der Waals surface area contributed by atoms with Crippen LogP contribution in [-0.2, 0) is 10.0 Å². The first-order valence-electron chi connectivity index (χ1n) is 6.54. The highest BCUT2D eigenvalue weighted by Gasteiger charge is 2.19. The molecule has 1 N–H and O–H groups in total. The Morgan fingerprint density at radius 3 is 2.57 bits per heavy atom. The average molecular weight is 369 g/mol. The lowest BCUT2D eigenvalue weighted by molar-refractivity contribution is 0.600. The second-order valence-corrected chi connectivity index (χ2v) is 7.74. The van der Waals surface area contributed by atoms with E-state index in [1.807, 2.05) is 39.0 Å². The summed E-state index contributed by atoms with van der Waals surface area (Å²) in [4.78, 5) is 4.04. The Hall–Kier alpha value is -1.40. The summed E-state index contributed by atoms with van der Waals surface area (Å²) in [5.74, 6) is 0.225. The third-order valence-electron chi connectivity index (χ3n) is 3.15. The molecule has 2 rings (SSSR count). The van der Waals surface area contributed by atoms with Gasteiger partial charge in [-0.05, 0) is 46.0 Å². The van der Waals surface area contributed by atoms with Gasteiger partial charge in [0.2, 0.25) is 0 Å². The molecule has 1 heterocycles. The molecular formula is C15H17BrN2O2S. The summed E-state index contributed by atoms with van der Waals surface area (Å²) < 4.78 is 28.3. The van der Waals surface area contributed by atoms with Crippen molar-refractivity contribution in [3.8, 4) is 0 Å². The largest absolute Gasteiger partial charge is 0.279 e. The van der Waals surface area contributed by atoms with Crippen LogP contribution in [0, 0.1) is 6.92 Å². The second-order valence-electron chi connectivity index (χ2n) is 5.14. The van der Waals surface area contributed by atoms with Crippen LogP contribution in [0.25, 0.3) is 0 Å². The van der Waals surface area contributed by atoms with Gasteiger partial charge in [-0.2, -0.15) is 0 Å². The molecule has 0 spiro atoms. The van der Waals surface area contributed by atoms with Crippen molar-refractivity contribution < 1.29 is 8.42 Å². The lowest BCUT2D eigenvalue weighted by Crippen LogP contribution is -2.15. The number of hydrogen-bond acceptors (Lipinski definition) is 3. The Morgan fingerprint density at radius 1 is 1.24 bits per heavy atom. The van der Waals surface area contributed by atoms with Crippen molar-refractivity contribution >= 4 is 31.6 Å². The Labute approximate surface area is 133 Å². The van der Waals surface area contributed by atoms with Gasteiger partial charge in [0.1, 0.15) is 4.90 Å². The number of para-hydroxylation sites is 1. The van der Waals surface area contributed by atoms with E-state index in [2.05, 4.69) is 25.6 Å². The van der Waals surface area contributed by atoms with Crippen molar-refractivity contribution in [1.29, 1.82) is 0 Å². The Bertz CT molecular complexity index is 758. The minimum Gasteiger partial charge on any atom is -0.279 e. The highest BCUT2D eigenvalue weighted by Crippen LogP contribution is 2.29. The number of nitrogens with one attached hydrogen (secondary N) is 1. The molecule has 0 radical (unpaired) electrons. The summed E-state index contributed by atoms with van der Waals surface area (Å²) in [6, 6.07) is 7.29. The number of anilines is 1. The number of rotatable bonds is 4. The van der Waals surface area contributed by atoms with E-state index in [4.69, 9.17) is 0 Å². The predicted molar refractivity (Wildman–Crippen MR) is 88.0 cm³/mol. The van der Waals surface area contributed by atoms with Crippen LogP contribution in [0.2, 0.25) is 0 Å². The van der Waals surface area contributed by atoms with Gasteiger partial charge in [-0.25, -0.2) is 8.42 Å². The molecule has 0 bridgehead atoms. The van der Waals surface area contributed by atoms with Gasteiger partial charge < -0.3 is 0 Å². The van der Waals surface area contributed by atoms with Crippen LogP contribution < -0.4 is 4.72 Å². The van der Waals surface area contributed by atoms with Crippen molar-refractivity contribution in [1.82, 2.24) is 4.98 Å². The number of nitrogens with zero attached hydrogens (tertiary/aromatic N) is 1. The molecule has 0 aliphatic rings. The summed E-state index contributed by atoms with van der Waals surface area (Å²) in [6.45, 7) is 5.96. The molecule has 0 aliphatic carbocycles. The minimum atomic E-state index is -3.66. The fraction of sp³-hybridized carbons (Fsp3) is 0.267. The van der Waals surface area contributed by atoms with Crippen LogP contribution in [0.1, 0.15) is 30.9 Å². The molecule has 0 amide bonds. The van der Waals surface area contributed by atoms with Gasteiger partial charge in [-0.3, -0.25) is 9.71 Å². The van der Waals surface area contributed by atoms with Crippen molar-refractivity contribution in [2.75, 3.05) is 4.72 Å². The molecule has 112 valence electrons. The van der Waals surface area contributed by atoms with E-state index in [0.717, 1.165) is 11.1 Å². The van der Waals surface area contributed by atoms with E-state index in [-0.39, 0.29) is 10.8 Å². The van der Waals surface area contributed by atoms with Gasteiger partial charge >= 0.3 is 0 Å². The van der Waals surface area contributed by atoms with Crippen LogP contribution in [0.5, 0.6) is 0 Å². The summed E-state index contributed by atoms with van der Waals surface area (Å²) in [6.07, 6.45) is 2.88. The molecule has 0 aliphatic heterocycles. The smallest absolute Gasteiger partial charge is 0.263 e. The zero-order valence-electron chi connectivity index (χ0n) is 12.1. The van der Waals surface area contributed by atoms with Gasteiger partial charge in [-0.15, -0.1) is 0 Å². The highest BCUT2D eigenvalue weighted by atomic mass is 79.9. The summed E-state index contributed by atoms with van der Waals surface area (Å²) in [5.41, 5.74) is 2.52. The zero-order valence-corrected chi connectivity index (χ0v) is 14.5. The molecule has 0 atom stereocenters. The molecule has 0 unspecified atom stereocenters. The summed E-state index contributed by atoms with van der Waals surface area (Å²) >= 11 is 3.24. The molecule has 2 aromatic rings. The Morgan fingerprint density at radius 2 is 1.95 bits per heavy atom. The minimum absolute atomic E-state index is 0.134. The molecule has 0 saturated heterocycles. The number of aromatic nitrogens is 1. The molecule has 1 aromatic heterocycles. The molecular weight excluding hydrogens is 352 g/mol. The van der Waals surface area contributed by atoms with Gasteiger partial charge in [0.05, 0.1) is 5.69 Å². The van der Waals surface area contributed by atoms with Crippen LogP contribution >= 0.6 is 15.9 Å². The molecule has 1 aromatic carbocycles. The van der Waals surface area contributed by atoms with Gasteiger partial charge in [0, 0.05) is 16.9 Å². The van der Waals surface area contributed by atoms with Crippen molar-refractivity contribution in [3.63, 3.8) is 0 Å². The van der Waals surface area contributed by atoms with E-state index < -0.39 is 10.0 Å². The van der Waals surface area contributed by atoms with Crippen LogP contribution in [0.4, 0.5) is 5.69 Å². The van der Waals surface area contributed by atoms with Gasteiger partial charge in [-0.1, -0.05) is 32.0 Å². The fourth-order valence-electron chi connectivity index (χ4n) is 2.04. The van der Waals surface area contributed by atoms with Crippen LogP contribution in [0.15, 0.2) is 46.0 Å². The van der Waals surface area contributed by atoms with Crippen molar-refractivity contribution in [2.45, 2.75) is 31.6 Å². The summed E-state index contributed by atoms with van der Waals surface area (Å²) in [5, 5.41) is 0. The molecule has 0 saturated carbocycles. The maximum Gasteiger partial charge on any atom is 0.263 e. The number of benzene rings is 1. The second kappa shape index (κ2) is 6.15. The SMILES string of the molecule is Cc1cccc(C(C)C)c1NS(=O)(=O)c1cncc(Br)c1. The monoisotopic (exact) mass is 368 g/mol. The quantitative estimate of drug-likeness (QED) is 0.884. The lowest BCUT2D eigenvalue weighted by Gasteiger charge is -2.17. The van der Waals surface area contributed by atoms with E-state index in [1.165, 1.54) is 12.3 Å². The van der Waals surface area contributed by atoms with E-state index >= 15 is 0 Å². The average Bonchev–Trinajstić information content (AvgIpc) is 2.40. The molecule has 4 nitrogen and oxygen atoms in total. The third kappa shape index (κ3) is 3.63. The normalized spacial score (nSPS) is 11.7. The highest BCUT2D eigenvalue weighted by molar-refractivity contribution is 9.10. The Balaban J connectivity index is 2.47. The molecule has 6 heteroatoms. The first kappa shape index (κ1) is 16.0. The number of hydrogen-bond donors (Lipinski definition) is 1. The number of aryl methyl sites for hydroxylation is 1. The lowest BCUT2D eigenvalue weighted by atomic mass is 9.99. The fourth-order valence-corrected chi connectivity index (χ4v) is 3.71. The molecule has 0 fully saturated rings. The maximum absolute atomic E-state index is 12.5. The zero-order chi connectivity index (χ0) is 15.6. The number of sulfonamides is 1. The topological polar surface area (TPSA) is 59.1 Å². The van der Waals surface area contributed by atoms with Crippen LogP contribution in [-0.4, -0.2) is 13.4 Å². The summed E-state index contributed by atoms with van der Waals surface area (Å²) in [7, 11) is -3.66. The van der Waals surface area contributed by atoms with Crippen molar-refractivity contribution in [3.05, 3.63) is 52.3 Å². The predicted octanol–water partition coefficient (Wildman–Crippen LogP) is 4.08. The first-order chi connectivity index (χ1) is 9.81. The Kier molecular flexibility index (Phi) is 4.68. The van der Waals surface area contributed by atoms with E-state index in [0.29, 0.717) is 10.2 Å². The van der Waals surface area contributed by atoms with E-state index in [9.17, 15) is 8.42 Å². The molecule has 21 heavy (non-hydrogen) atoms. The number of pyridine rings is 1. The van der Waals surface area contributed by atoms with E-state index in [1.54, 1.807) is 6.20 Å². The van der Waals surface area contributed by atoms with Crippen molar-refractivity contribution in [2.24, 2.45) is 0 Å². The number of halogens is 1. The first-order valence-corrected chi connectivity index (χ1v) is 8.82. The maximum atomic E-state index is 12.5. The van der Waals surface area contributed by atoms with Gasteiger partial charge in [0.25, 0.3) is 10.0 Å². The van der Waals surface area contributed by atoms with Gasteiger partial charge in [0.15, 0.2) is 0 Å².